The first-order valence-electron chi connectivity index (χ1n) is 10.9. The molecule has 1 aliphatic heterocycles. The molecular weight excluding hydrogens is 468 g/mol. The van der Waals surface area contributed by atoms with Crippen LogP contribution in [0.25, 0.3) is 0 Å². The molecule has 2 amide bonds. The number of rotatable bonds is 7. The third-order valence-corrected chi connectivity index (χ3v) is 6.55. The van der Waals surface area contributed by atoms with Crippen LogP contribution in [0.4, 0.5) is 10.5 Å². The normalized spacial score (nSPS) is 15.8. The summed E-state index contributed by atoms with van der Waals surface area (Å²) in [6, 6.07) is 16.7. The minimum atomic E-state index is -3.32. The number of nitrogens with one attached hydrogen (secondary N) is 1. The van der Waals surface area contributed by atoms with Gasteiger partial charge in [0, 0.05) is 35.5 Å². The van der Waals surface area contributed by atoms with Crippen molar-refractivity contribution >= 4 is 33.2 Å². The molecule has 1 aromatic heterocycles. The van der Waals surface area contributed by atoms with E-state index in [9.17, 15) is 18.0 Å². The molecule has 10 heteroatoms. The van der Waals surface area contributed by atoms with Crippen LogP contribution in [0.2, 0.25) is 0 Å². The maximum absolute atomic E-state index is 12.6. The Balaban J connectivity index is 1.50. The summed E-state index contributed by atoms with van der Waals surface area (Å²) < 4.78 is 29.1. The minimum Gasteiger partial charge on any atom is -0.438 e. The standard InChI is InChI=1S/C25H24N4O5S/c1-3-22-23(18-6-10-21(11-7-18)35(2,32)33)28-29(25(31)34-22)16-17-4-8-20(9-5-17)27-24(30)19-12-14-26-15-13-19/h4-15,22H,3,16H2,1-2H3,(H,27,30). The summed E-state index contributed by atoms with van der Waals surface area (Å²) in [4.78, 5) is 29.0. The predicted molar refractivity (Wildman–Crippen MR) is 131 cm³/mol. The third kappa shape index (κ3) is 5.72. The second kappa shape index (κ2) is 10.1. The highest BCUT2D eigenvalue weighted by molar-refractivity contribution is 7.90. The van der Waals surface area contributed by atoms with E-state index in [0.717, 1.165) is 11.8 Å². The van der Waals surface area contributed by atoms with Crippen molar-refractivity contribution in [2.45, 2.75) is 30.9 Å². The van der Waals surface area contributed by atoms with Gasteiger partial charge in [0.2, 0.25) is 0 Å². The van der Waals surface area contributed by atoms with E-state index in [2.05, 4.69) is 15.4 Å². The molecular formula is C25H24N4O5S. The van der Waals surface area contributed by atoms with Crippen LogP contribution in [0.1, 0.15) is 34.8 Å². The smallest absolute Gasteiger partial charge is 0.431 e. The molecule has 0 saturated carbocycles. The molecule has 0 saturated heterocycles. The first-order chi connectivity index (χ1) is 16.7. The maximum Gasteiger partial charge on any atom is 0.431 e. The number of cyclic esters (lactones) is 1. The van der Waals surface area contributed by atoms with E-state index in [1.54, 1.807) is 60.9 Å². The lowest BCUT2D eigenvalue weighted by Gasteiger charge is -2.29. The number of nitrogens with zero attached hydrogens (tertiary/aromatic N) is 3. The molecule has 4 rings (SSSR count). The van der Waals surface area contributed by atoms with E-state index in [4.69, 9.17) is 4.74 Å². The fourth-order valence-electron chi connectivity index (χ4n) is 3.54. The summed E-state index contributed by atoms with van der Waals surface area (Å²) in [6.45, 7) is 2.05. The van der Waals surface area contributed by atoms with Crippen molar-refractivity contribution in [3.05, 3.63) is 89.7 Å². The van der Waals surface area contributed by atoms with Crippen molar-refractivity contribution in [1.82, 2.24) is 9.99 Å². The zero-order valence-electron chi connectivity index (χ0n) is 19.2. The topological polar surface area (TPSA) is 118 Å². The molecule has 35 heavy (non-hydrogen) atoms. The number of anilines is 1. The van der Waals surface area contributed by atoms with Crippen molar-refractivity contribution in [2.75, 3.05) is 11.6 Å². The van der Waals surface area contributed by atoms with E-state index < -0.39 is 22.0 Å². The van der Waals surface area contributed by atoms with Gasteiger partial charge in [-0.3, -0.25) is 9.78 Å². The van der Waals surface area contributed by atoms with E-state index in [1.165, 1.54) is 17.1 Å². The fraction of sp³-hybridized carbons (Fsp3) is 0.200. The number of carbonyl (C=O) groups is 2. The highest BCUT2D eigenvalue weighted by Crippen LogP contribution is 2.22. The zero-order valence-corrected chi connectivity index (χ0v) is 20.0. The lowest BCUT2D eigenvalue weighted by molar-refractivity contribution is 0.0712. The van der Waals surface area contributed by atoms with Crippen LogP contribution in [0.15, 0.2) is 83.1 Å². The van der Waals surface area contributed by atoms with Gasteiger partial charge in [-0.2, -0.15) is 10.1 Å². The Morgan fingerprint density at radius 3 is 2.29 bits per heavy atom. The van der Waals surface area contributed by atoms with Crippen LogP contribution in [-0.2, 0) is 21.1 Å². The number of carbonyl (C=O) groups excluding carboxylic acids is 2. The summed E-state index contributed by atoms with van der Waals surface area (Å²) in [6.07, 6.45) is 3.67. The van der Waals surface area contributed by atoms with Gasteiger partial charge in [0.05, 0.1) is 11.4 Å². The molecule has 0 spiro atoms. The summed E-state index contributed by atoms with van der Waals surface area (Å²) in [5.74, 6) is -0.249. The van der Waals surface area contributed by atoms with Crippen molar-refractivity contribution in [1.29, 1.82) is 0 Å². The van der Waals surface area contributed by atoms with E-state index in [1.807, 2.05) is 6.92 Å². The van der Waals surface area contributed by atoms with Crippen molar-refractivity contribution in [3.8, 4) is 0 Å². The highest BCUT2D eigenvalue weighted by atomic mass is 32.2. The second-order valence-electron chi connectivity index (χ2n) is 8.01. The molecule has 0 radical (unpaired) electrons. The van der Waals surface area contributed by atoms with Gasteiger partial charge in [-0.1, -0.05) is 31.2 Å². The molecule has 9 nitrogen and oxygen atoms in total. The van der Waals surface area contributed by atoms with Gasteiger partial charge < -0.3 is 10.1 Å². The number of benzene rings is 2. The SMILES string of the molecule is CCC1OC(=O)N(Cc2ccc(NC(=O)c3ccncc3)cc2)N=C1c1ccc(S(C)(=O)=O)cc1. The lowest BCUT2D eigenvalue weighted by Crippen LogP contribution is -2.41. The molecule has 2 aromatic carbocycles. The van der Waals surface area contributed by atoms with Crippen LogP contribution < -0.4 is 5.32 Å². The Kier molecular flexibility index (Phi) is 6.92. The average Bonchev–Trinajstić information content (AvgIpc) is 2.86. The van der Waals surface area contributed by atoms with E-state index in [-0.39, 0.29) is 17.3 Å². The third-order valence-electron chi connectivity index (χ3n) is 5.42. The van der Waals surface area contributed by atoms with Crippen LogP contribution in [-0.4, -0.2) is 48.5 Å². The van der Waals surface area contributed by atoms with Gasteiger partial charge in [0.15, 0.2) is 9.84 Å². The molecule has 0 aliphatic carbocycles. The van der Waals surface area contributed by atoms with Crippen LogP contribution in [0, 0.1) is 0 Å². The molecule has 3 aromatic rings. The van der Waals surface area contributed by atoms with Crippen molar-refractivity contribution < 1.29 is 22.7 Å². The Bertz CT molecular complexity index is 1360. The summed E-state index contributed by atoms with van der Waals surface area (Å²) in [5, 5.41) is 8.58. The monoisotopic (exact) mass is 492 g/mol. The van der Waals surface area contributed by atoms with Gasteiger partial charge in [-0.15, -0.1) is 0 Å². The molecule has 1 aliphatic rings. The van der Waals surface area contributed by atoms with Gasteiger partial charge in [-0.25, -0.2) is 13.2 Å². The minimum absolute atomic E-state index is 0.165. The second-order valence-corrected chi connectivity index (χ2v) is 10.0. The zero-order chi connectivity index (χ0) is 25.0. The van der Waals surface area contributed by atoms with Gasteiger partial charge in [-0.05, 0) is 48.4 Å². The maximum atomic E-state index is 12.6. The van der Waals surface area contributed by atoms with Gasteiger partial charge in [0.25, 0.3) is 5.91 Å². The van der Waals surface area contributed by atoms with Crippen LogP contribution in [0.5, 0.6) is 0 Å². The number of pyridine rings is 1. The summed E-state index contributed by atoms with van der Waals surface area (Å²) in [5.41, 5.74) is 3.12. The molecule has 180 valence electrons. The quantitative estimate of drug-likeness (QED) is 0.535. The average molecular weight is 493 g/mol. The number of hydrogen-bond donors (Lipinski definition) is 1. The fourth-order valence-corrected chi connectivity index (χ4v) is 4.17. The van der Waals surface area contributed by atoms with Crippen molar-refractivity contribution in [3.63, 3.8) is 0 Å². The van der Waals surface area contributed by atoms with Gasteiger partial charge >= 0.3 is 6.09 Å². The Morgan fingerprint density at radius 1 is 1.03 bits per heavy atom. The molecule has 2 heterocycles. The summed E-state index contributed by atoms with van der Waals surface area (Å²) in [7, 11) is -3.32. The van der Waals surface area contributed by atoms with Crippen molar-refractivity contribution in [2.24, 2.45) is 5.10 Å². The number of sulfone groups is 1. The molecule has 1 atom stereocenters. The Labute approximate surface area is 203 Å². The number of amides is 2. The lowest BCUT2D eigenvalue weighted by atomic mass is 10.0. The van der Waals surface area contributed by atoms with E-state index >= 15 is 0 Å². The largest absolute Gasteiger partial charge is 0.438 e. The Hall–Kier alpha value is -4.05. The number of hydrogen-bond acceptors (Lipinski definition) is 7. The Morgan fingerprint density at radius 2 is 1.69 bits per heavy atom. The molecule has 1 N–H and O–H groups in total. The number of hydrazone groups is 1. The number of aromatic nitrogens is 1. The summed E-state index contributed by atoms with van der Waals surface area (Å²) >= 11 is 0. The predicted octanol–water partition coefficient (Wildman–Crippen LogP) is 3.87. The van der Waals surface area contributed by atoms with E-state index in [0.29, 0.717) is 28.9 Å². The van der Waals surface area contributed by atoms with Crippen LogP contribution in [0.3, 0.4) is 0 Å². The first-order valence-corrected chi connectivity index (χ1v) is 12.8. The van der Waals surface area contributed by atoms with Crippen LogP contribution >= 0.6 is 0 Å². The molecule has 1 unspecified atom stereocenters. The van der Waals surface area contributed by atoms with Gasteiger partial charge in [0.1, 0.15) is 11.8 Å². The number of ether oxygens (including phenoxy) is 1. The first kappa shape index (κ1) is 24.1. The highest BCUT2D eigenvalue weighted by Gasteiger charge is 2.30. The molecule has 0 fully saturated rings. The molecule has 0 bridgehead atoms.